The SMILES string of the molecule is COc1cc2cc(Oc3ccc(C(=O)c4ccc(COc5ccc6cc(Oc7ccc(S(=O)(=O)c8ccc(C)cc8)cc7)ccc6c5)c(SOOO)c4)cc3S(=O)(=O)O)c(SOOO)cc2cc1S(=O)(=O)O. The molecule has 8 rings (SSSR count). The number of aryl methyl sites for hydroxylation is 1. The van der Waals surface area contributed by atoms with Gasteiger partial charge in [-0.05, 0) is 138 Å². The van der Waals surface area contributed by atoms with Crippen molar-refractivity contribution in [2.24, 2.45) is 0 Å². The zero-order chi connectivity index (χ0) is 51.4. The van der Waals surface area contributed by atoms with Crippen LogP contribution < -0.4 is 18.9 Å². The van der Waals surface area contributed by atoms with Gasteiger partial charge in [0, 0.05) is 21.6 Å². The topological polar surface area (TPSA) is 274 Å². The van der Waals surface area contributed by atoms with E-state index in [4.69, 9.17) is 33.8 Å². The van der Waals surface area contributed by atoms with E-state index < -0.39 is 51.4 Å². The van der Waals surface area contributed by atoms with Gasteiger partial charge < -0.3 is 18.9 Å². The standard InChI is InChI=1S/C48H36O19S5/c1-28-3-14-39(15-4-28)70(52,53)40-16-12-36(13-17-40)62-38-11-8-29-19-37(10-7-30(29)20-38)61-27-33-6-5-31(23-44(33)68-66-64-50)48(49)32-9-18-41(46(25-32)71(54,55)56)63-42-21-34-22-43(60-2)47(72(57,58)59)26-35(34)24-45(42)69-67-65-51/h3-26,50-51H,27H2,1-2H3,(H,54,55,56)(H,57,58,59). The Morgan fingerprint density at radius 3 is 1.69 bits per heavy atom. The lowest BCUT2D eigenvalue weighted by molar-refractivity contribution is -0.432. The first kappa shape index (κ1) is 51.7. The number of ketones is 1. The lowest BCUT2D eigenvalue weighted by Gasteiger charge is -2.15. The maximum absolute atomic E-state index is 13.9. The molecule has 0 aliphatic carbocycles. The fraction of sp³-hybridized carbons (Fsp3) is 0.0625. The van der Waals surface area contributed by atoms with Crippen molar-refractivity contribution < 1.29 is 87.4 Å². The van der Waals surface area contributed by atoms with E-state index in [2.05, 4.69) is 14.4 Å². The van der Waals surface area contributed by atoms with E-state index in [0.717, 1.165) is 34.5 Å². The number of fused-ring (bicyclic) bond motifs is 2. The Morgan fingerprint density at radius 2 is 1.06 bits per heavy atom. The highest BCUT2D eigenvalue weighted by Crippen LogP contribution is 2.42. The third-order valence-corrected chi connectivity index (χ3v) is 15.5. The predicted octanol–water partition coefficient (Wildman–Crippen LogP) is 10.9. The van der Waals surface area contributed by atoms with Gasteiger partial charge >= 0.3 is 0 Å². The molecular formula is C48H36O19S5. The van der Waals surface area contributed by atoms with Crippen LogP contribution in [0.2, 0.25) is 0 Å². The van der Waals surface area contributed by atoms with Gasteiger partial charge in [0.05, 0.1) is 45.9 Å². The Labute approximate surface area is 418 Å². The molecule has 0 fully saturated rings. The summed E-state index contributed by atoms with van der Waals surface area (Å²) in [6.07, 6.45) is 0. The highest BCUT2D eigenvalue weighted by molar-refractivity contribution is 7.95. The van der Waals surface area contributed by atoms with Gasteiger partial charge in [-0.25, -0.2) is 18.9 Å². The minimum absolute atomic E-state index is 0.0114. The Kier molecular flexibility index (Phi) is 15.5. The summed E-state index contributed by atoms with van der Waals surface area (Å²) in [5.41, 5.74) is 1.22. The average molecular weight is 1080 g/mol. The van der Waals surface area contributed by atoms with E-state index in [9.17, 15) is 39.2 Å². The Balaban J connectivity index is 0.985. The molecule has 19 nitrogen and oxygen atoms in total. The molecule has 0 atom stereocenters. The van der Waals surface area contributed by atoms with Crippen LogP contribution in [0.5, 0.6) is 34.5 Å². The van der Waals surface area contributed by atoms with Crippen LogP contribution in [0.25, 0.3) is 21.5 Å². The highest BCUT2D eigenvalue weighted by atomic mass is 32.2. The van der Waals surface area contributed by atoms with Gasteiger partial charge in [0.15, 0.2) is 5.78 Å². The molecule has 0 aliphatic rings. The first-order chi connectivity index (χ1) is 34.3. The third kappa shape index (κ3) is 11.8. The molecule has 0 saturated heterocycles. The van der Waals surface area contributed by atoms with Gasteiger partial charge in [0.25, 0.3) is 20.2 Å². The molecule has 24 heteroatoms. The molecule has 0 spiro atoms. The summed E-state index contributed by atoms with van der Waals surface area (Å²) in [5.74, 6) is -0.196. The lowest BCUT2D eigenvalue weighted by atomic mass is 10.0. The van der Waals surface area contributed by atoms with Crippen molar-refractivity contribution in [3.8, 4) is 34.5 Å². The molecule has 8 aromatic carbocycles. The van der Waals surface area contributed by atoms with Crippen LogP contribution in [-0.2, 0) is 55.4 Å². The summed E-state index contributed by atoms with van der Waals surface area (Å²) < 4.78 is 128. The van der Waals surface area contributed by atoms with E-state index in [0.29, 0.717) is 46.9 Å². The minimum Gasteiger partial charge on any atom is -0.495 e. The van der Waals surface area contributed by atoms with Crippen molar-refractivity contribution >= 4 is 81.5 Å². The second kappa shape index (κ2) is 21.6. The number of ether oxygens (including phenoxy) is 4. The van der Waals surface area contributed by atoms with Crippen LogP contribution >= 0.6 is 24.1 Å². The molecule has 0 bridgehead atoms. The van der Waals surface area contributed by atoms with E-state index >= 15 is 0 Å². The van der Waals surface area contributed by atoms with Crippen LogP contribution in [0.15, 0.2) is 175 Å². The van der Waals surface area contributed by atoms with Gasteiger partial charge in [0.1, 0.15) is 50.9 Å². The summed E-state index contributed by atoms with van der Waals surface area (Å²) in [6.45, 7) is 1.81. The molecule has 72 heavy (non-hydrogen) atoms. The van der Waals surface area contributed by atoms with E-state index in [1.165, 1.54) is 61.7 Å². The lowest BCUT2D eigenvalue weighted by Crippen LogP contribution is -2.07. The Hall–Kier alpha value is -6.62. The van der Waals surface area contributed by atoms with Gasteiger partial charge in [-0.15, -0.1) is 8.67 Å². The number of hydrogen-bond acceptors (Lipinski definition) is 19. The van der Waals surface area contributed by atoms with Gasteiger partial charge in [-0.2, -0.15) is 16.8 Å². The maximum atomic E-state index is 13.9. The van der Waals surface area contributed by atoms with E-state index in [-0.39, 0.29) is 59.6 Å². The number of methoxy groups -OCH3 is 1. The zero-order valence-electron chi connectivity index (χ0n) is 37.0. The molecule has 0 aliphatic heterocycles. The Bertz CT molecular complexity index is 3700. The zero-order valence-corrected chi connectivity index (χ0v) is 41.1. The second-order valence-electron chi connectivity index (χ2n) is 15.3. The number of sulfone groups is 1. The van der Waals surface area contributed by atoms with E-state index in [1.807, 2.05) is 25.1 Å². The number of carbonyl (C=O) groups is 1. The smallest absolute Gasteiger partial charge is 0.298 e. The van der Waals surface area contributed by atoms with Crippen LogP contribution in [-0.4, -0.2) is 57.8 Å². The van der Waals surface area contributed by atoms with Crippen molar-refractivity contribution in [3.63, 3.8) is 0 Å². The van der Waals surface area contributed by atoms with Gasteiger partial charge in [0.2, 0.25) is 9.84 Å². The monoisotopic (exact) mass is 1080 g/mol. The van der Waals surface area contributed by atoms with Gasteiger partial charge in [-0.1, -0.05) is 52.0 Å². The number of carbonyl (C=O) groups excluding carboxylic acids is 1. The molecule has 372 valence electrons. The second-order valence-corrected chi connectivity index (χ2v) is 21.5. The van der Waals surface area contributed by atoms with Crippen molar-refractivity contribution in [1.29, 1.82) is 0 Å². The molecule has 0 heterocycles. The predicted molar refractivity (Wildman–Crippen MR) is 259 cm³/mol. The summed E-state index contributed by atoms with van der Waals surface area (Å²) in [4.78, 5) is 13.1. The van der Waals surface area contributed by atoms with Crippen LogP contribution in [0.3, 0.4) is 0 Å². The van der Waals surface area contributed by atoms with Crippen LogP contribution in [0, 0.1) is 6.92 Å². The summed E-state index contributed by atoms with van der Waals surface area (Å²) >= 11 is 0.913. The summed E-state index contributed by atoms with van der Waals surface area (Å²) in [6, 6.07) is 36.0. The first-order valence-corrected chi connectivity index (χ1v) is 26.4. The molecule has 0 unspecified atom stereocenters. The number of benzene rings is 8. The third-order valence-electron chi connectivity index (χ3n) is 10.7. The minimum atomic E-state index is -5.10. The van der Waals surface area contributed by atoms with Crippen LogP contribution in [0.1, 0.15) is 27.0 Å². The van der Waals surface area contributed by atoms with Crippen molar-refractivity contribution in [2.75, 3.05) is 7.11 Å². The van der Waals surface area contributed by atoms with E-state index in [1.54, 1.807) is 54.6 Å². The summed E-state index contributed by atoms with van der Waals surface area (Å²) in [5, 5.41) is 27.3. The molecule has 0 saturated carbocycles. The molecule has 8 aromatic rings. The van der Waals surface area contributed by atoms with Gasteiger partial charge in [-0.3, -0.25) is 13.9 Å². The maximum Gasteiger partial charge on any atom is 0.298 e. The molecule has 0 aromatic heterocycles. The van der Waals surface area contributed by atoms with Crippen molar-refractivity contribution in [3.05, 3.63) is 168 Å². The fourth-order valence-corrected chi connectivity index (χ4v) is 10.7. The summed E-state index contributed by atoms with van der Waals surface area (Å²) in [7, 11) is -12.4. The molecule has 0 radical (unpaired) electrons. The average Bonchev–Trinajstić information content (AvgIpc) is 3.36. The largest absolute Gasteiger partial charge is 0.495 e. The molecule has 0 amide bonds. The number of hydrogen-bond donors (Lipinski definition) is 4. The quantitative estimate of drug-likeness (QED) is 0.0181. The van der Waals surface area contributed by atoms with Crippen molar-refractivity contribution in [1.82, 2.24) is 0 Å². The Morgan fingerprint density at radius 1 is 0.514 bits per heavy atom. The molecule has 4 N–H and O–H groups in total. The normalized spacial score (nSPS) is 12.0. The first-order valence-electron chi connectivity index (χ1n) is 20.5. The molecular weight excluding hydrogens is 1040 g/mol. The van der Waals surface area contributed by atoms with Crippen molar-refractivity contribution in [2.45, 2.75) is 42.9 Å². The number of rotatable bonds is 20. The fourth-order valence-electron chi connectivity index (χ4n) is 7.18. The van der Waals surface area contributed by atoms with Crippen LogP contribution in [0.4, 0.5) is 0 Å². The highest BCUT2D eigenvalue weighted by Gasteiger charge is 2.25.